The van der Waals surface area contributed by atoms with Crippen molar-refractivity contribution in [1.82, 2.24) is 10.6 Å². The van der Waals surface area contributed by atoms with Gasteiger partial charge in [0.15, 0.2) is 11.5 Å². The molecule has 2 aromatic rings. The van der Waals surface area contributed by atoms with Gasteiger partial charge in [-0.15, -0.1) is 0 Å². The Labute approximate surface area is 174 Å². The van der Waals surface area contributed by atoms with E-state index in [1.807, 2.05) is 32.0 Å². The fourth-order valence-corrected chi connectivity index (χ4v) is 2.77. The number of benzene rings is 2. The predicted molar refractivity (Wildman–Crippen MR) is 111 cm³/mol. The van der Waals surface area contributed by atoms with E-state index in [2.05, 4.69) is 16.0 Å². The number of carbonyl (C=O) groups is 3. The summed E-state index contributed by atoms with van der Waals surface area (Å²) in [6.07, 6.45) is 0.763. The van der Waals surface area contributed by atoms with E-state index in [0.717, 1.165) is 12.0 Å². The average molecular weight is 411 g/mol. The van der Waals surface area contributed by atoms with E-state index in [-0.39, 0.29) is 43.5 Å². The van der Waals surface area contributed by atoms with Crippen LogP contribution in [-0.2, 0) is 16.1 Å². The monoisotopic (exact) mass is 411 g/mol. The maximum absolute atomic E-state index is 12.2. The molecule has 1 unspecified atom stereocenters. The van der Waals surface area contributed by atoms with Gasteiger partial charge in [0.25, 0.3) is 5.91 Å². The Morgan fingerprint density at radius 3 is 2.63 bits per heavy atom. The zero-order valence-corrected chi connectivity index (χ0v) is 17.0. The molecule has 0 aromatic heterocycles. The van der Waals surface area contributed by atoms with Gasteiger partial charge in [0, 0.05) is 23.7 Å². The third kappa shape index (κ3) is 5.50. The number of rotatable bonds is 8. The van der Waals surface area contributed by atoms with Gasteiger partial charge in [0.1, 0.15) is 0 Å². The molecule has 0 spiro atoms. The van der Waals surface area contributed by atoms with Crippen molar-refractivity contribution >= 4 is 23.4 Å². The minimum Gasteiger partial charge on any atom is -0.454 e. The Morgan fingerprint density at radius 1 is 1.03 bits per heavy atom. The molecule has 1 aliphatic heterocycles. The van der Waals surface area contributed by atoms with Gasteiger partial charge in [-0.05, 0) is 42.3 Å². The first kappa shape index (κ1) is 21.2. The normalized spacial score (nSPS) is 12.7. The molecule has 3 amide bonds. The largest absolute Gasteiger partial charge is 0.454 e. The molecule has 8 nitrogen and oxygen atoms in total. The van der Waals surface area contributed by atoms with Crippen molar-refractivity contribution in [3.8, 4) is 11.5 Å². The molecule has 3 N–H and O–H groups in total. The first-order valence-corrected chi connectivity index (χ1v) is 9.80. The van der Waals surface area contributed by atoms with Gasteiger partial charge >= 0.3 is 0 Å². The summed E-state index contributed by atoms with van der Waals surface area (Å²) in [5.41, 5.74) is 1.91. The minimum absolute atomic E-state index is 0.0371. The van der Waals surface area contributed by atoms with Gasteiger partial charge in [-0.1, -0.05) is 26.0 Å². The maximum atomic E-state index is 12.2. The number of ether oxygens (including phenoxy) is 2. The van der Waals surface area contributed by atoms with Gasteiger partial charge < -0.3 is 25.4 Å². The highest BCUT2D eigenvalue weighted by Gasteiger charge is 2.16. The Hall–Kier alpha value is -3.55. The highest BCUT2D eigenvalue weighted by Crippen LogP contribution is 2.32. The van der Waals surface area contributed by atoms with Crippen LogP contribution < -0.4 is 25.4 Å². The third-order valence-electron chi connectivity index (χ3n) is 4.79. The van der Waals surface area contributed by atoms with Crippen LogP contribution in [0.3, 0.4) is 0 Å². The minimum atomic E-state index is -0.377. The zero-order chi connectivity index (χ0) is 21.5. The van der Waals surface area contributed by atoms with Crippen LogP contribution in [0, 0.1) is 5.92 Å². The van der Waals surface area contributed by atoms with E-state index in [0.29, 0.717) is 22.7 Å². The van der Waals surface area contributed by atoms with Crippen LogP contribution in [0.4, 0.5) is 5.69 Å². The number of carbonyl (C=O) groups excluding carboxylic acids is 3. The van der Waals surface area contributed by atoms with Crippen LogP contribution in [0.1, 0.15) is 36.2 Å². The molecule has 0 saturated carbocycles. The van der Waals surface area contributed by atoms with E-state index in [1.54, 1.807) is 24.3 Å². The van der Waals surface area contributed by atoms with Crippen molar-refractivity contribution in [2.45, 2.75) is 26.8 Å². The van der Waals surface area contributed by atoms with Crippen LogP contribution in [0.5, 0.6) is 11.5 Å². The Bertz CT molecular complexity index is 944. The smallest absolute Gasteiger partial charge is 0.251 e. The summed E-state index contributed by atoms with van der Waals surface area (Å²) in [7, 11) is 0. The molecule has 2 aromatic carbocycles. The summed E-state index contributed by atoms with van der Waals surface area (Å²) in [6.45, 7) is 4.09. The number of amides is 3. The van der Waals surface area contributed by atoms with Gasteiger partial charge in [0.2, 0.25) is 18.6 Å². The third-order valence-corrected chi connectivity index (χ3v) is 4.79. The molecule has 0 bridgehead atoms. The lowest BCUT2D eigenvalue weighted by molar-refractivity contribution is -0.120. The topological polar surface area (TPSA) is 106 Å². The van der Waals surface area contributed by atoms with Crippen molar-refractivity contribution in [3.05, 3.63) is 53.6 Å². The highest BCUT2D eigenvalue weighted by molar-refractivity contribution is 5.97. The maximum Gasteiger partial charge on any atom is 0.251 e. The number of nitrogens with one attached hydrogen (secondary N) is 3. The van der Waals surface area contributed by atoms with Crippen molar-refractivity contribution in [2.75, 3.05) is 18.7 Å². The fraction of sp³-hybridized carbons (Fsp3) is 0.318. The molecule has 8 heteroatoms. The quantitative estimate of drug-likeness (QED) is 0.619. The molecule has 1 atom stereocenters. The lowest BCUT2D eigenvalue weighted by atomic mass is 10.1. The van der Waals surface area contributed by atoms with Gasteiger partial charge in [0.05, 0.1) is 6.54 Å². The predicted octanol–water partition coefficient (Wildman–Crippen LogP) is 2.45. The number of anilines is 1. The summed E-state index contributed by atoms with van der Waals surface area (Å²) in [5, 5.41) is 8.20. The van der Waals surface area contributed by atoms with Crippen molar-refractivity contribution < 1.29 is 23.9 Å². The SMILES string of the molecule is CCC(C)C(=O)Nc1cccc(CNC(=O)CNC(=O)c2ccc3c(c2)OCO3)c1. The van der Waals surface area contributed by atoms with Crippen LogP contribution in [0.25, 0.3) is 0 Å². The molecule has 30 heavy (non-hydrogen) atoms. The molecule has 0 fully saturated rings. The van der Waals surface area contributed by atoms with Crippen molar-refractivity contribution in [2.24, 2.45) is 5.92 Å². The molecule has 158 valence electrons. The number of hydrogen-bond donors (Lipinski definition) is 3. The van der Waals surface area contributed by atoms with E-state index < -0.39 is 0 Å². The molecule has 1 aliphatic rings. The van der Waals surface area contributed by atoms with E-state index in [4.69, 9.17) is 9.47 Å². The van der Waals surface area contributed by atoms with E-state index in [9.17, 15) is 14.4 Å². The average Bonchev–Trinajstić information content (AvgIpc) is 3.23. The second-order valence-electron chi connectivity index (χ2n) is 7.03. The molecule has 3 rings (SSSR count). The van der Waals surface area contributed by atoms with Gasteiger partial charge in [-0.25, -0.2) is 0 Å². The first-order chi connectivity index (χ1) is 14.5. The van der Waals surface area contributed by atoms with Crippen molar-refractivity contribution in [1.29, 1.82) is 0 Å². The number of fused-ring (bicyclic) bond motifs is 1. The lowest BCUT2D eigenvalue weighted by Gasteiger charge is -2.12. The Morgan fingerprint density at radius 2 is 1.83 bits per heavy atom. The second-order valence-corrected chi connectivity index (χ2v) is 7.03. The summed E-state index contributed by atoms with van der Waals surface area (Å²) >= 11 is 0. The van der Waals surface area contributed by atoms with Crippen LogP contribution >= 0.6 is 0 Å². The van der Waals surface area contributed by atoms with E-state index in [1.165, 1.54) is 0 Å². The zero-order valence-electron chi connectivity index (χ0n) is 17.0. The fourth-order valence-electron chi connectivity index (χ4n) is 2.77. The molecule has 0 radical (unpaired) electrons. The van der Waals surface area contributed by atoms with Crippen LogP contribution in [0.15, 0.2) is 42.5 Å². The highest BCUT2D eigenvalue weighted by atomic mass is 16.7. The second kappa shape index (κ2) is 9.78. The molecule has 1 heterocycles. The lowest BCUT2D eigenvalue weighted by Crippen LogP contribution is -2.36. The van der Waals surface area contributed by atoms with E-state index >= 15 is 0 Å². The first-order valence-electron chi connectivity index (χ1n) is 9.80. The molecule has 0 aliphatic carbocycles. The summed E-state index contributed by atoms with van der Waals surface area (Å²) in [4.78, 5) is 36.3. The summed E-state index contributed by atoms with van der Waals surface area (Å²) < 4.78 is 10.5. The summed E-state index contributed by atoms with van der Waals surface area (Å²) in [6, 6.07) is 12.1. The Kier molecular flexibility index (Phi) is 6.90. The van der Waals surface area contributed by atoms with Crippen molar-refractivity contribution in [3.63, 3.8) is 0 Å². The summed E-state index contributed by atoms with van der Waals surface area (Å²) in [5.74, 6) is 0.294. The Balaban J connectivity index is 1.46. The molecular weight excluding hydrogens is 386 g/mol. The van der Waals surface area contributed by atoms with Gasteiger partial charge in [-0.2, -0.15) is 0 Å². The molecule has 0 saturated heterocycles. The standard InChI is InChI=1S/C22H25N3O5/c1-3-14(2)21(27)25-17-6-4-5-15(9-17)11-23-20(26)12-24-22(28)16-7-8-18-19(10-16)30-13-29-18/h4-10,14H,3,11-13H2,1-2H3,(H,23,26)(H,24,28)(H,25,27). The van der Waals surface area contributed by atoms with Gasteiger partial charge in [-0.3, -0.25) is 14.4 Å². The number of hydrogen-bond acceptors (Lipinski definition) is 5. The van der Waals surface area contributed by atoms with Crippen LogP contribution in [0.2, 0.25) is 0 Å². The van der Waals surface area contributed by atoms with Crippen LogP contribution in [-0.4, -0.2) is 31.1 Å². The molecular formula is C22H25N3O5.